The zero-order valence-corrected chi connectivity index (χ0v) is 11.0. The Morgan fingerprint density at radius 1 is 1.19 bits per heavy atom. The van der Waals surface area contributed by atoms with E-state index in [-0.39, 0.29) is 10.0 Å². The first-order valence-corrected chi connectivity index (χ1v) is 6.96. The zero-order valence-electron chi connectivity index (χ0n) is 7.17. The second kappa shape index (κ2) is 4.58. The van der Waals surface area contributed by atoms with E-state index < -0.39 is 30.5 Å². The van der Waals surface area contributed by atoms with Gasteiger partial charge in [-0.2, -0.15) is 0 Å². The third-order valence-electron chi connectivity index (χ3n) is 1.60. The molecule has 88 valence electrons. The number of hydrogen-bond donors (Lipinski definition) is 1. The minimum Gasteiger partial charge on any atom is -0.478 e. The molecule has 0 amide bonds. The Morgan fingerprint density at radius 2 is 1.69 bits per heavy atom. The second-order valence-corrected chi connectivity index (χ2v) is 6.30. The van der Waals surface area contributed by atoms with Gasteiger partial charge in [-0.3, -0.25) is 0 Å². The van der Waals surface area contributed by atoms with Gasteiger partial charge >= 0.3 is 5.97 Å². The molecule has 1 aromatic carbocycles. The fourth-order valence-electron chi connectivity index (χ4n) is 0.946. The van der Waals surface area contributed by atoms with Crippen molar-refractivity contribution in [3.8, 4) is 0 Å². The summed E-state index contributed by atoms with van der Waals surface area (Å²) < 4.78 is 22.2. The molecule has 1 aromatic rings. The van der Waals surface area contributed by atoms with E-state index >= 15 is 0 Å². The molecule has 0 fully saturated rings. The van der Waals surface area contributed by atoms with E-state index in [2.05, 4.69) is 0 Å². The van der Waals surface area contributed by atoms with Crippen LogP contribution in [0.4, 0.5) is 0 Å². The van der Waals surface area contributed by atoms with Crippen LogP contribution in [0.1, 0.15) is 10.4 Å². The van der Waals surface area contributed by atoms with Gasteiger partial charge in [0.1, 0.15) is 4.90 Å². The van der Waals surface area contributed by atoms with Crippen molar-refractivity contribution >= 4 is 60.5 Å². The lowest BCUT2D eigenvalue weighted by Crippen LogP contribution is -2.03. The third kappa shape index (κ3) is 2.55. The lowest BCUT2D eigenvalue weighted by atomic mass is 10.2. The van der Waals surface area contributed by atoms with Gasteiger partial charge in [0.2, 0.25) is 0 Å². The fraction of sp³-hybridized carbons (Fsp3) is 0. The van der Waals surface area contributed by atoms with Crippen LogP contribution in [-0.2, 0) is 9.05 Å². The zero-order chi connectivity index (χ0) is 12.7. The summed E-state index contributed by atoms with van der Waals surface area (Å²) >= 11 is 16.7. The lowest BCUT2D eigenvalue weighted by Gasteiger charge is -2.07. The summed E-state index contributed by atoms with van der Waals surface area (Å²) in [7, 11) is 0.863. The van der Waals surface area contributed by atoms with E-state index in [1.165, 1.54) is 0 Å². The molecule has 0 aromatic heterocycles. The van der Waals surface area contributed by atoms with Gasteiger partial charge in [0.25, 0.3) is 9.05 Å². The molecule has 0 spiro atoms. The highest BCUT2D eigenvalue weighted by molar-refractivity contribution is 8.13. The Balaban J connectivity index is 3.78. The largest absolute Gasteiger partial charge is 0.478 e. The molecule has 9 heteroatoms. The van der Waals surface area contributed by atoms with Crippen LogP contribution in [0.15, 0.2) is 11.0 Å². The molecule has 1 rings (SSSR count). The van der Waals surface area contributed by atoms with E-state index in [0.29, 0.717) is 0 Å². The molecule has 0 aliphatic rings. The number of carboxylic acids is 1. The van der Waals surface area contributed by atoms with E-state index in [0.717, 1.165) is 6.07 Å². The van der Waals surface area contributed by atoms with Crippen molar-refractivity contribution in [1.29, 1.82) is 0 Å². The first-order chi connectivity index (χ1) is 7.16. The van der Waals surface area contributed by atoms with Crippen molar-refractivity contribution in [2.24, 2.45) is 0 Å². The number of carboxylic acid groups (broad SMARTS) is 1. The number of hydrogen-bond acceptors (Lipinski definition) is 3. The van der Waals surface area contributed by atoms with Crippen LogP contribution >= 0.6 is 45.5 Å². The van der Waals surface area contributed by atoms with Gasteiger partial charge in [-0.15, -0.1) is 0 Å². The van der Waals surface area contributed by atoms with Crippen LogP contribution in [0.3, 0.4) is 0 Å². The molecule has 0 bridgehead atoms. The van der Waals surface area contributed by atoms with Gasteiger partial charge in [-0.05, 0) is 6.07 Å². The molecule has 0 heterocycles. The van der Waals surface area contributed by atoms with Crippen LogP contribution < -0.4 is 0 Å². The molecule has 0 saturated heterocycles. The second-order valence-electron chi connectivity index (χ2n) is 2.60. The maximum absolute atomic E-state index is 11.1. The Kier molecular flexibility index (Phi) is 3.97. The van der Waals surface area contributed by atoms with Gasteiger partial charge in [0.15, 0.2) is 0 Å². The summed E-state index contributed by atoms with van der Waals surface area (Å²) in [6.07, 6.45) is 0. The highest BCUT2D eigenvalue weighted by atomic mass is 35.7. The average Bonchev–Trinajstić information content (AvgIpc) is 2.09. The number of halogens is 4. The van der Waals surface area contributed by atoms with Crippen molar-refractivity contribution in [1.82, 2.24) is 0 Å². The average molecular weight is 324 g/mol. The SMILES string of the molecule is O=C(O)c1c(Cl)c(Cl)cc(S(=O)(=O)Cl)c1Cl. The predicted octanol–water partition coefficient (Wildman–Crippen LogP) is 3.27. The molecular weight excluding hydrogens is 322 g/mol. The van der Waals surface area contributed by atoms with Crippen LogP contribution in [-0.4, -0.2) is 19.5 Å². The predicted molar refractivity (Wildman–Crippen MR) is 61.5 cm³/mol. The van der Waals surface area contributed by atoms with E-state index in [4.69, 9.17) is 50.6 Å². The van der Waals surface area contributed by atoms with E-state index in [1.54, 1.807) is 0 Å². The summed E-state index contributed by atoms with van der Waals surface area (Å²) in [5.41, 5.74) is -0.602. The van der Waals surface area contributed by atoms with Gasteiger partial charge in [-0.25, -0.2) is 13.2 Å². The summed E-state index contributed by atoms with van der Waals surface area (Å²) in [5, 5.41) is 7.62. The summed E-state index contributed by atoms with van der Waals surface area (Å²) in [6.45, 7) is 0. The topological polar surface area (TPSA) is 71.4 Å². The van der Waals surface area contributed by atoms with Crippen molar-refractivity contribution in [3.63, 3.8) is 0 Å². The summed E-state index contributed by atoms with van der Waals surface area (Å²) in [4.78, 5) is 10.2. The Bertz CT molecular complexity index is 566. The molecule has 1 N–H and O–H groups in total. The monoisotopic (exact) mass is 322 g/mol. The normalized spacial score (nSPS) is 11.5. The minimum absolute atomic E-state index is 0.261. The first kappa shape index (κ1) is 13.9. The molecule has 16 heavy (non-hydrogen) atoms. The maximum Gasteiger partial charge on any atom is 0.338 e. The van der Waals surface area contributed by atoms with Crippen molar-refractivity contribution in [2.75, 3.05) is 0 Å². The molecule has 4 nitrogen and oxygen atoms in total. The quantitative estimate of drug-likeness (QED) is 0.669. The van der Waals surface area contributed by atoms with Crippen LogP contribution in [0.25, 0.3) is 0 Å². The van der Waals surface area contributed by atoms with E-state index in [1.807, 2.05) is 0 Å². The molecule has 0 atom stereocenters. The van der Waals surface area contributed by atoms with Crippen molar-refractivity contribution < 1.29 is 18.3 Å². The maximum atomic E-state index is 11.1. The van der Waals surface area contributed by atoms with Gasteiger partial charge in [-0.1, -0.05) is 34.8 Å². The molecule has 0 unspecified atom stereocenters. The Labute approximate surface area is 110 Å². The highest BCUT2D eigenvalue weighted by Gasteiger charge is 2.25. The van der Waals surface area contributed by atoms with Crippen LogP contribution in [0.2, 0.25) is 15.1 Å². The highest BCUT2D eigenvalue weighted by Crippen LogP contribution is 2.37. The first-order valence-electron chi connectivity index (χ1n) is 3.51. The van der Waals surface area contributed by atoms with Crippen LogP contribution in [0.5, 0.6) is 0 Å². The van der Waals surface area contributed by atoms with Crippen LogP contribution in [0, 0.1) is 0 Å². The third-order valence-corrected chi connectivity index (χ3v) is 4.24. The van der Waals surface area contributed by atoms with Gasteiger partial charge in [0.05, 0.1) is 20.6 Å². The molecule has 0 aliphatic carbocycles. The number of rotatable bonds is 2. The summed E-state index contributed by atoms with van der Waals surface area (Å²) in [5.74, 6) is -1.50. The Hall–Kier alpha value is -0.200. The Morgan fingerprint density at radius 3 is 2.06 bits per heavy atom. The molecule has 0 radical (unpaired) electrons. The van der Waals surface area contributed by atoms with Gasteiger partial charge in [0, 0.05) is 10.7 Å². The molecule has 0 aliphatic heterocycles. The fourth-order valence-corrected chi connectivity index (χ4v) is 3.09. The number of aromatic carboxylic acids is 1. The molecule has 0 saturated carbocycles. The smallest absolute Gasteiger partial charge is 0.338 e. The standard InChI is InChI=1S/C7H2Cl4O4S/c8-2-1-3(16(11,14)15)6(10)4(5(2)9)7(12)13/h1H,(H,12,13). The van der Waals surface area contributed by atoms with E-state index in [9.17, 15) is 13.2 Å². The van der Waals surface area contributed by atoms with Crippen molar-refractivity contribution in [2.45, 2.75) is 4.90 Å². The molecular formula is C7H2Cl4O4S. The minimum atomic E-state index is -4.19. The summed E-state index contributed by atoms with van der Waals surface area (Å²) in [6, 6.07) is 0.890. The van der Waals surface area contributed by atoms with Gasteiger partial charge < -0.3 is 5.11 Å². The number of benzene rings is 1. The number of carbonyl (C=O) groups is 1. The van der Waals surface area contributed by atoms with Crippen molar-refractivity contribution in [3.05, 3.63) is 26.7 Å². The lowest BCUT2D eigenvalue weighted by molar-refractivity contribution is 0.0697.